The highest BCUT2D eigenvalue weighted by atomic mass is 32.2. The van der Waals surface area contributed by atoms with Crippen molar-refractivity contribution in [3.8, 4) is 0 Å². The Hall–Kier alpha value is -0.820. The van der Waals surface area contributed by atoms with Crippen molar-refractivity contribution < 1.29 is 23.1 Å². The fourth-order valence-electron chi connectivity index (χ4n) is 2.20. The molecule has 0 aromatic heterocycles. The average Bonchev–Trinajstić information content (AvgIpc) is 2.66. The molecule has 0 spiro atoms. The van der Waals surface area contributed by atoms with Gasteiger partial charge in [0.15, 0.2) is 9.84 Å². The topological polar surface area (TPSA) is 83.9 Å². The molecule has 1 aliphatic heterocycles. The quantitative estimate of drug-likeness (QED) is 0.787. The number of hydrogen-bond donors (Lipinski definition) is 1. The summed E-state index contributed by atoms with van der Waals surface area (Å²) in [6.45, 7) is 3.58. The molecule has 6 nitrogen and oxygen atoms in total. The first kappa shape index (κ1) is 15.2. The van der Waals surface area contributed by atoms with E-state index < -0.39 is 15.9 Å². The smallest absolute Gasteiger partial charge is 0.410 e. The van der Waals surface area contributed by atoms with Crippen LogP contribution < -0.4 is 0 Å². The number of carbonyl (C=O) groups excluding carboxylic acids is 1. The van der Waals surface area contributed by atoms with Crippen molar-refractivity contribution >= 4 is 15.9 Å². The van der Waals surface area contributed by atoms with Crippen molar-refractivity contribution in [1.29, 1.82) is 0 Å². The fraction of sp³-hybridized carbons (Fsp3) is 0.909. The van der Waals surface area contributed by atoms with Crippen LogP contribution in [0, 0.1) is 0 Å². The Balaban J connectivity index is 2.87. The van der Waals surface area contributed by atoms with Crippen LogP contribution in [0.25, 0.3) is 0 Å². The summed E-state index contributed by atoms with van der Waals surface area (Å²) in [6.07, 6.45) is 0.435. The zero-order chi connectivity index (χ0) is 13.8. The third kappa shape index (κ3) is 3.58. The number of rotatable bonds is 5. The summed E-state index contributed by atoms with van der Waals surface area (Å²) in [5.74, 6) is 0.0533. The number of ether oxygens (including phenoxy) is 1. The molecule has 0 bridgehead atoms. The van der Waals surface area contributed by atoms with Crippen LogP contribution in [0.3, 0.4) is 0 Å². The SMILES string of the molecule is CCOC(=O)N(C(CC)CO)C1CCS(=O)(=O)C1. The van der Waals surface area contributed by atoms with Crippen LogP contribution in [0.1, 0.15) is 26.7 Å². The van der Waals surface area contributed by atoms with Crippen molar-refractivity contribution in [2.75, 3.05) is 24.7 Å². The van der Waals surface area contributed by atoms with E-state index >= 15 is 0 Å². The second-order valence-corrected chi connectivity index (χ2v) is 6.64. The van der Waals surface area contributed by atoms with Gasteiger partial charge in [0.05, 0.1) is 36.8 Å². The van der Waals surface area contributed by atoms with E-state index in [9.17, 15) is 18.3 Å². The molecule has 18 heavy (non-hydrogen) atoms. The van der Waals surface area contributed by atoms with E-state index in [1.807, 2.05) is 6.92 Å². The van der Waals surface area contributed by atoms with Crippen molar-refractivity contribution in [2.24, 2.45) is 0 Å². The lowest BCUT2D eigenvalue weighted by Crippen LogP contribution is -2.49. The second kappa shape index (κ2) is 6.38. The molecule has 0 aromatic carbocycles. The summed E-state index contributed by atoms with van der Waals surface area (Å²) >= 11 is 0. The van der Waals surface area contributed by atoms with Crippen LogP contribution in [0.4, 0.5) is 4.79 Å². The van der Waals surface area contributed by atoms with Gasteiger partial charge in [-0.2, -0.15) is 0 Å². The molecule has 1 N–H and O–H groups in total. The van der Waals surface area contributed by atoms with Crippen molar-refractivity contribution in [3.05, 3.63) is 0 Å². The monoisotopic (exact) mass is 279 g/mol. The highest BCUT2D eigenvalue weighted by Crippen LogP contribution is 2.22. The molecule has 2 atom stereocenters. The summed E-state index contributed by atoms with van der Waals surface area (Å²) in [5, 5.41) is 9.31. The number of carbonyl (C=O) groups is 1. The number of aliphatic hydroxyl groups excluding tert-OH is 1. The van der Waals surface area contributed by atoms with Gasteiger partial charge in [-0.25, -0.2) is 13.2 Å². The maximum absolute atomic E-state index is 11.9. The minimum atomic E-state index is -3.07. The van der Waals surface area contributed by atoms with E-state index in [0.717, 1.165) is 0 Å². The molecular formula is C11H21NO5S. The van der Waals surface area contributed by atoms with Crippen molar-refractivity contribution in [3.63, 3.8) is 0 Å². The van der Waals surface area contributed by atoms with E-state index in [2.05, 4.69) is 0 Å². The molecule has 0 radical (unpaired) electrons. The van der Waals surface area contributed by atoms with Gasteiger partial charge in [-0.15, -0.1) is 0 Å². The normalized spacial score (nSPS) is 23.6. The summed E-state index contributed by atoms with van der Waals surface area (Å²) in [7, 11) is -3.07. The van der Waals surface area contributed by atoms with Gasteiger partial charge >= 0.3 is 6.09 Å². The second-order valence-electron chi connectivity index (χ2n) is 4.41. The van der Waals surface area contributed by atoms with Gasteiger partial charge in [0.1, 0.15) is 0 Å². The van der Waals surface area contributed by atoms with Crippen LogP contribution in [0.5, 0.6) is 0 Å². The van der Waals surface area contributed by atoms with Crippen molar-refractivity contribution in [1.82, 2.24) is 4.90 Å². The molecule has 1 heterocycles. The van der Waals surface area contributed by atoms with Gasteiger partial charge in [0, 0.05) is 0 Å². The number of aliphatic hydroxyl groups is 1. The number of nitrogens with zero attached hydrogens (tertiary/aromatic N) is 1. The molecule has 1 rings (SSSR count). The van der Waals surface area contributed by atoms with Crippen molar-refractivity contribution in [2.45, 2.75) is 38.8 Å². The van der Waals surface area contributed by atoms with Gasteiger partial charge < -0.3 is 9.84 Å². The Labute approximate surface area is 108 Å². The van der Waals surface area contributed by atoms with Gasteiger partial charge in [-0.3, -0.25) is 4.90 Å². The van der Waals surface area contributed by atoms with Crippen LogP contribution in [0.15, 0.2) is 0 Å². The molecule has 0 aromatic rings. The molecule has 1 saturated heterocycles. The van der Waals surface area contributed by atoms with Crippen LogP contribution in [-0.4, -0.2) is 61.3 Å². The summed E-state index contributed by atoms with van der Waals surface area (Å²) < 4.78 is 27.9. The molecule has 0 aliphatic carbocycles. The number of hydrogen-bond acceptors (Lipinski definition) is 5. The third-order valence-corrected chi connectivity index (χ3v) is 4.91. The Morgan fingerprint density at radius 3 is 2.56 bits per heavy atom. The maximum atomic E-state index is 11.9. The fourth-order valence-corrected chi connectivity index (χ4v) is 3.91. The van der Waals surface area contributed by atoms with E-state index in [4.69, 9.17) is 4.74 Å². The van der Waals surface area contributed by atoms with Gasteiger partial charge in [0.2, 0.25) is 0 Å². The lowest BCUT2D eigenvalue weighted by atomic mass is 10.1. The third-order valence-electron chi connectivity index (χ3n) is 3.16. The first-order valence-electron chi connectivity index (χ1n) is 6.21. The lowest BCUT2D eigenvalue weighted by Gasteiger charge is -2.33. The molecule has 0 saturated carbocycles. The maximum Gasteiger partial charge on any atom is 0.410 e. The Morgan fingerprint density at radius 2 is 2.17 bits per heavy atom. The zero-order valence-electron chi connectivity index (χ0n) is 10.8. The molecular weight excluding hydrogens is 258 g/mol. The van der Waals surface area contributed by atoms with Crippen LogP contribution in [-0.2, 0) is 14.6 Å². The molecule has 106 valence electrons. The average molecular weight is 279 g/mol. The lowest BCUT2D eigenvalue weighted by molar-refractivity contribution is 0.0540. The Morgan fingerprint density at radius 1 is 1.50 bits per heavy atom. The molecule has 2 unspecified atom stereocenters. The molecule has 1 aliphatic rings. The van der Waals surface area contributed by atoms with E-state index in [1.165, 1.54) is 4.90 Å². The predicted octanol–water partition coefficient (Wildman–Crippen LogP) is 0.403. The first-order valence-corrected chi connectivity index (χ1v) is 8.03. The molecule has 1 amide bonds. The standard InChI is InChI=1S/C11H21NO5S/c1-3-9(7-13)12(11(14)17-4-2)10-5-6-18(15,16)8-10/h9-10,13H,3-8H2,1-2H3. The van der Waals surface area contributed by atoms with Gasteiger partial charge in [-0.05, 0) is 19.8 Å². The molecule has 1 fully saturated rings. The summed E-state index contributed by atoms with van der Waals surface area (Å²) in [6, 6.07) is -0.770. The largest absolute Gasteiger partial charge is 0.450 e. The van der Waals surface area contributed by atoms with Crippen LogP contribution >= 0.6 is 0 Å². The number of sulfone groups is 1. The number of amides is 1. The predicted molar refractivity (Wildman–Crippen MR) is 67.1 cm³/mol. The highest BCUT2D eigenvalue weighted by molar-refractivity contribution is 7.91. The Kier molecular flexibility index (Phi) is 5.40. The van der Waals surface area contributed by atoms with Gasteiger partial charge in [0.25, 0.3) is 0 Å². The highest BCUT2D eigenvalue weighted by Gasteiger charge is 2.38. The zero-order valence-corrected chi connectivity index (χ0v) is 11.6. The summed E-state index contributed by atoms with van der Waals surface area (Å²) in [4.78, 5) is 13.3. The van der Waals surface area contributed by atoms with Gasteiger partial charge in [-0.1, -0.05) is 6.92 Å². The van der Waals surface area contributed by atoms with E-state index in [1.54, 1.807) is 6.92 Å². The minimum Gasteiger partial charge on any atom is -0.450 e. The van der Waals surface area contributed by atoms with Crippen LogP contribution in [0.2, 0.25) is 0 Å². The van der Waals surface area contributed by atoms with E-state index in [-0.39, 0.29) is 36.8 Å². The molecule has 7 heteroatoms. The summed E-state index contributed by atoms with van der Waals surface area (Å²) in [5.41, 5.74) is 0. The minimum absolute atomic E-state index is 0.0394. The first-order chi connectivity index (χ1) is 8.45. The Bertz CT molecular complexity index is 377. The van der Waals surface area contributed by atoms with E-state index in [0.29, 0.717) is 12.8 Å².